The van der Waals surface area contributed by atoms with Gasteiger partial charge >= 0.3 is 5.97 Å². The van der Waals surface area contributed by atoms with Gasteiger partial charge in [0, 0.05) is 4.90 Å². The Kier molecular flexibility index (Phi) is 9.58. The van der Waals surface area contributed by atoms with Gasteiger partial charge in [0.2, 0.25) is 0 Å². The molecule has 0 saturated heterocycles. The van der Waals surface area contributed by atoms with Gasteiger partial charge in [-0.3, -0.25) is 9.36 Å². The monoisotopic (exact) mass is 580 g/mol. The zero-order chi connectivity index (χ0) is 29.0. The fraction of sp³-hybridized carbons (Fsp3) is 0.387. The maximum atomic E-state index is 13.9. The van der Waals surface area contributed by atoms with Crippen LogP contribution >= 0.6 is 23.1 Å². The number of thioether (sulfide) groups is 1. The van der Waals surface area contributed by atoms with Crippen LogP contribution in [0.4, 0.5) is 0 Å². The molecule has 40 heavy (non-hydrogen) atoms. The standard InChI is InChI=1S/C31H36N2O5S2/c1-18(2)14-15-37-24-13-8-21(16-25(24)36-6)17-26-29(34)33-28(22-9-11-23(39-7)12-10-22)27(30(35)38-19(3)4)20(5)32-31(33)40-26/h8-13,16-19,28H,14-15H2,1-7H3. The minimum Gasteiger partial charge on any atom is -0.493 e. The highest BCUT2D eigenvalue weighted by Gasteiger charge is 2.33. The summed E-state index contributed by atoms with van der Waals surface area (Å²) in [5.74, 6) is 1.34. The molecule has 0 spiro atoms. The van der Waals surface area contributed by atoms with Crippen molar-refractivity contribution in [2.24, 2.45) is 10.9 Å². The van der Waals surface area contributed by atoms with E-state index in [9.17, 15) is 9.59 Å². The Morgan fingerprint density at radius 3 is 2.48 bits per heavy atom. The average molecular weight is 581 g/mol. The first-order chi connectivity index (χ1) is 19.1. The number of rotatable bonds is 10. The molecule has 7 nitrogen and oxygen atoms in total. The first kappa shape index (κ1) is 29.7. The van der Waals surface area contributed by atoms with Crippen LogP contribution in [-0.4, -0.2) is 36.6 Å². The summed E-state index contributed by atoms with van der Waals surface area (Å²) >= 11 is 2.93. The highest BCUT2D eigenvalue weighted by atomic mass is 32.2. The Morgan fingerprint density at radius 1 is 1.12 bits per heavy atom. The molecule has 2 heterocycles. The van der Waals surface area contributed by atoms with Crippen molar-refractivity contribution < 1.29 is 19.0 Å². The van der Waals surface area contributed by atoms with Crippen LogP contribution in [0.2, 0.25) is 0 Å². The quantitative estimate of drug-likeness (QED) is 0.238. The molecule has 9 heteroatoms. The van der Waals surface area contributed by atoms with E-state index < -0.39 is 12.0 Å². The van der Waals surface area contributed by atoms with Crippen LogP contribution in [0.5, 0.6) is 11.5 Å². The number of thiazole rings is 1. The number of methoxy groups -OCH3 is 1. The number of allylic oxidation sites excluding steroid dienone is 1. The number of carbonyl (C=O) groups is 1. The molecule has 0 radical (unpaired) electrons. The summed E-state index contributed by atoms with van der Waals surface area (Å²) < 4.78 is 19.2. The maximum Gasteiger partial charge on any atom is 0.338 e. The molecule has 1 aliphatic rings. The number of aromatic nitrogens is 1. The number of esters is 1. The van der Waals surface area contributed by atoms with Gasteiger partial charge in [-0.25, -0.2) is 9.79 Å². The highest BCUT2D eigenvalue weighted by Crippen LogP contribution is 2.32. The zero-order valence-electron chi connectivity index (χ0n) is 24.0. The van der Waals surface area contributed by atoms with Gasteiger partial charge in [-0.15, -0.1) is 11.8 Å². The highest BCUT2D eigenvalue weighted by molar-refractivity contribution is 7.98. The van der Waals surface area contributed by atoms with E-state index in [-0.39, 0.29) is 11.7 Å². The molecular formula is C31H36N2O5S2. The molecule has 212 valence electrons. The summed E-state index contributed by atoms with van der Waals surface area (Å²) in [6.45, 7) is 10.3. The van der Waals surface area contributed by atoms with Gasteiger partial charge in [-0.05, 0) is 80.8 Å². The number of fused-ring (bicyclic) bond motifs is 1. The lowest BCUT2D eigenvalue weighted by atomic mass is 9.96. The fourth-order valence-corrected chi connectivity index (χ4v) is 5.87. The number of hydrogen-bond donors (Lipinski definition) is 0. The number of benzene rings is 2. The van der Waals surface area contributed by atoms with Crippen LogP contribution < -0.4 is 24.4 Å². The SMILES string of the molecule is COc1cc(C=c2sc3n(c2=O)C(c2ccc(SC)cc2)C(C(=O)OC(C)C)=C(C)N=3)ccc1OCCC(C)C. The van der Waals surface area contributed by atoms with Crippen molar-refractivity contribution in [3.8, 4) is 11.5 Å². The predicted octanol–water partition coefficient (Wildman–Crippen LogP) is 5.34. The van der Waals surface area contributed by atoms with Crippen LogP contribution in [0.1, 0.15) is 58.2 Å². The van der Waals surface area contributed by atoms with Crippen molar-refractivity contribution in [3.05, 3.63) is 84.5 Å². The lowest BCUT2D eigenvalue weighted by molar-refractivity contribution is -0.143. The molecule has 0 saturated carbocycles. The van der Waals surface area contributed by atoms with Gasteiger partial charge in [-0.1, -0.05) is 43.4 Å². The lowest BCUT2D eigenvalue weighted by Crippen LogP contribution is -2.40. The molecule has 1 aliphatic heterocycles. The van der Waals surface area contributed by atoms with E-state index in [1.54, 1.807) is 44.2 Å². The van der Waals surface area contributed by atoms with Crippen molar-refractivity contribution in [2.75, 3.05) is 20.0 Å². The molecule has 0 amide bonds. The molecule has 0 N–H and O–H groups in total. The van der Waals surface area contributed by atoms with Gasteiger partial charge in [0.25, 0.3) is 5.56 Å². The Labute approximate surface area is 243 Å². The van der Waals surface area contributed by atoms with Crippen LogP contribution in [0.3, 0.4) is 0 Å². The summed E-state index contributed by atoms with van der Waals surface area (Å²) in [5.41, 5.74) is 2.31. The third-order valence-electron chi connectivity index (χ3n) is 6.45. The Hall–Kier alpha value is -3.30. The summed E-state index contributed by atoms with van der Waals surface area (Å²) in [7, 11) is 1.60. The second kappa shape index (κ2) is 12.9. The van der Waals surface area contributed by atoms with Crippen LogP contribution in [0.15, 0.2) is 68.4 Å². The van der Waals surface area contributed by atoms with E-state index in [1.807, 2.05) is 54.8 Å². The molecule has 3 aromatic rings. The second-order valence-corrected chi connectivity index (χ2v) is 12.1. The smallest absolute Gasteiger partial charge is 0.338 e. The number of carbonyl (C=O) groups excluding carboxylic acids is 1. The average Bonchev–Trinajstić information content (AvgIpc) is 3.21. The van der Waals surface area contributed by atoms with Gasteiger partial charge < -0.3 is 14.2 Å². The van der Waals surface area contributed by atoms with Crippen molar-refractivity contribution >= 4 is 35.1 Å². The van der Waals surface area contributed by atoms with E-state index in [4.69, 9.17) is 14.2 Å². The van der Waals surface area contributed by atoms with Gasteiger partial charge in [0.05, 0.1) is 41.7 Å². The Bertz CT molecular complexity index is 1580. The predicted molar refractivity (Wildman–Crippen MR) is 161 cm³/mol. The largest absolute Gasteiger partial charge is 0.493 e. The van der Waals surface area contributed by atoms with E-state index in [1.165, 1.54) is 11.3 Å². The van der Waals surface area contributed by atoms with E-state index in [2.05, 4.69) is 18.8 Å². The third-order valence-corrected chi connectivity index (χ3v) is 8.18. The number of nitrogens with zero attached hydrogens (tertiary/aromatic N) is 2. The molecule has 4 rings (SSSR count). The molecule has 0 fully saturated rings. The van der Waals surface area contributed by atoms with Gasteiger partial charge in [-0.2, -0.15) is 0 Å². The molecule has 1 aromatic heterocycles. The lowest BCUT2D eigenvalue weighted by Gasteiger charge is -2.25. The van der Waals surface area contributed by atoms with Gasteiger partial charge in [0.15, 0.2) is 16.3 Å². The molecular weight excluding hydrogens is 544 g/mol. The summed E-state index contributed by atoms with van der Waals surface area (Å²) in [5, 5.41) is 0. The molecule has 0 bridgehead atoms. The number of ether oxygens (including phenoxy) is 3. The topological polar surface area (TPSA) is 79.1 Å². The van der Waals surface area contributed by atoms with E-state index in [0.717, 1.165) is 22.4 Å². The van der Waals surface area contributed by atoms with Crippen molar-refractivity contribution in [1.29, 1.82) is 0 Å². The van der Waals surface area contributed by atoms with Crippen LogP contribution in [0, 0.1) is 5.92 Å². The minimum atomic E-state index is -0.646. The van der Waals surface area contributed by atoms with E-state index >= 15 is 0 Å². The minimum absolute atomic E-state index is 0.221. The zero-order valence-corrected chi connectivity index (χ0v) is 25.7. The van der Waals surface area contributed by atoms with Crippen molar-refractivity contribution in [3.63, 3.8) is 0 Å². The first-order valence-corrected chi connectivity index (χ1v) is 15.3. The van der Waals surface area contributed by atoms with E-state index in [0.29, 0.717) is 44.6 Å². The first-order valence-electron chi connectivity index (χ1n) is 13.3. The summed E-state index contributed by atoms with van der Waals surface area (Å²) in [4.78, 5) is 33.5. The fourth-order valence-electron chi connectivity index (χ4n) is 4.41. The normalized spacial score (nSPS) is 15.3. The van der Waals surface area contributed by atoms with Crippen LogP contribution in [-0.2, 0) is 9.53 Å². The van der Waals surface area contributed by atoms with Crippen molar-refractivity contribution in [1.82, 2.24) is 4.57 Å². The van der Waals surface area contributed by atoms with Crippen LogP contribution in [0.25, 0.3) is 6.08 Å². The Morgan fingerprint density at radius 2 is 1.85 bits per heavy atom. The second-order valence-electron chi connectivity index (χ2n) is 10.3. The summed E-state index contributed by atoms with van der Waals surface area (Å²) in [6, 6.07) is 12.9. The maximum absolute atomic E-state index is 13.9. The molecule has 2 aromatic carbocycles. The molecule has 0 aliphatic carbocycles. The van der Waals surface area contributed by atoms with Gasteiger partial charge in [0.1, 0.15) is 0 Å². The number of hydrogen-bond acceptors (Lipinski definition) is 8. The molecule has 1 unspecified atom stereocenters. The summed E-state index contributed by atoms with van der Waals surface area (Å²) in [6.07, 6.45) is 4.47. The molecule has 1 atom stereocenters. The van der Waals surface area contributed by atoms with Crippen molar-refractivity contribution in [2.45, 2.75) is 58.1 Å². The third kappa shape index (κ3) is 6.53. The Balaban J connectivity index is 1.80.